The van der Waals surface area contributed by atoms with Crippen molar-refractivity contribution in [2.24, 2.45) is 5.41 Å². The summed E-state index contributed by atoms with van der Waals surface area (Å²) in [5.74, 6) is 0.119. The van der Waals surface area contributed by atoms with E-state index in [4.69, 9.17) is 0 Å². The van der Waals surface area contributed by atoms with Crippen LogP contribution in [0.4, 0.5) is 0 Å². The predicted molar refractivity (Wildman–Crippen MR) is 70.7 cm³/mol. The third-order valence-electron chi connectivity index (χ3n) is 1.95. The molecule has 0 radical (unpaired) electrons. The topological polar surface area (TPSA) is 17.1 Å². The highest BCUT2D eigenvalue weighted by atomic mass is 28.3. The summed E-state index contributed by atoms with van der Waals surface area (Å²) >= 11 is 0. The fourth-order valence-corrected chi connectivity index (χ4v) is 2.64. The maximum atomic E-state index is 10.9. The molecule has 0 N–H and O–H groups in total. The molecular weight excluding hydrogens is 200 g/mol. The van der Waals surface area contributed by atoms with Gasteiger partial charge in [-0.2, -0.15) is 0 Å². The quantitative estimate of drug-likeness (QED) is 0.402. The summed E-state index contributed by atoms with van der Waals surface area (Å²) in [7, 11) is -1.34. The van der Waals surface area contributed by atoms with Crippen LogP contribution in [0.5, 0.6) is 0 Å². The number of allylic oxidation sites excluding steroid dienone is 4. The van der Waals surface area contributed by atoms with Crippen LogP contribution in [-0.2, 0) is 4.79 Å². The van der Waals surface area contributed by atoms with Crippen molar-refractivity contribution in [1.29, 1.82) is 0 Å². The Hall–Kier alpha value is -0.633. The Morgan fingerprint density at radius 3 is 1.80 bits per heavy atom. The lowest BCUT2D eigenvalue weighted by atomic mass is 9.96. The molecular formula is C13H24OSi. The number of carbonyl (C=O) groups is 1. The third kappa shape index (κ3) is 7.31. The molecule has 0 saturated carbocycles. The van der Waals surface area contributed by atoms with E-state index in [-0.39, 0.29) is 11.2 Å². The van der Waals surface area contributed by atoms with Crippen LogP contribution in [-0.4, -0.2) is 13.9 Å². The lowest BCUT2D eigenvalue weighted by molar-refractivity contribution is -0.112. The zero-order valence-electron chi connectivity index (χ0n) is 11.1. The smallest absolute Gasteiger partial charge is 0.152 e. The number of ketones is 1. The van der Waals surface area contributed by atoms with E-state index >= 15 is 0 Å². The second-order valence-corrected chi connectivity index (χ2v) is 11.2. The van der Waals surface area contributed by atoms with Gasteiger partial charge >= 0.3 is 0 Å². The highest BCUT2D eigenvalue weighted by Gasteiger charge is 2.20. The van der Waals surface area contributed by atoms with Gasteiger partial charge in [0.15, 0.2) is 5.78 Å². The third-order valence-corrected chi connectivity index (χ3v) is 4.00. The molecule has 0 aromatic carbocycles. The maximum absolute atomic E-state index is 10.9. The number of carbonyl (C=O) groups excluding carboxylic acids is 1. The van der Waals surface area contributed by atoms with Crippen molar-refractivity contribution >= 4 is 13.9 Å². The van der Waals surface area contributed by atoms with Crippen molar-refractivity contribution in [3.63, 3.8) is 0 Å². The molecule has 0 saturated heterocycles. The Morgan fingerprint density at radius 1 is 1.07 bits per heavy atom. The highest BCUT2D eigenvalue weighted by Crippen LogP contribution is 2.24. The van der Waals surface area contributed by atoms with Gasteiger partial charge in [-0.3, -0.25) is 4.79 Å². The van der Waals surface area contributed by atoms with Crippen LogP contribution in [0.3, 0.4) is 0 Å². The molecule has 0 aliphatic rings. The van der Waals surface area contributed by atoms with Crippen LogP contribution in [0.15, 0.2) is 23.4 Å². The van der Waals surface area contributed by atoms with Gasteiger partial charge in [-0.1, -0.05) is 57.8 Å². The normalized spacial score (nSPS) is 14.7. The molecule has 15 heavy (non-hydrogen) atoms. The highest BCUT2D eigenvalue weighted by molar-refractivity contribution is 6.83. The summed E-state index contributed by atoms with van der Waals surface area (Å²) in [6.45, 7) is 15.1. The first-order valence-corrected chi connectivity index (χ1v) is 8.94. The first kappa shape index (κ1) is 14.4. The molecule has 2 heteroatoms. The van der Waals surface area contributed by atoms with Crippen LogP contribution in [0, 0.1) is 5.41 Å². The molecule has 0 unspecified atom stereocenters. The Morgan fingerprint density at radius 2 is 1.53 bits per heavy atom. The van der Waals surface area contributed by atoms with Gasteiger partial charge in [0.05, 0.1) is 8.07 Å². The molecule has 1 nitrogen and oxygen atoms in total. The summed E-state index contributed by atoms with van der Waals surface area (Å²) in [5, 5.41) is 1.35. The van der Waals surface area contributed by atoms with Gasteiger partial charge in [0.25, 0.3) is 0 Å². The standard InChI is InChI=1S/C13H24OSi/c1-11(14)8-9-12(15(5,6)7)10-13(2,3)4/h8-10H,1-7H3/b9-8+,12-10+. The lowest BCUT2D eigenvalue weighted by Gasteiger charge is -2.23. The van der Waals surface area contributed by atoms with Gasteiger partial charge in [0.2, 0.25) is 0 Å². The first-order valence-electron chi connectivity index (χ1n) is 5.44. The van der Waals surface area contributed by atoms with E-state index in [2.05, 4.69) is 46.5 Å². The van der Waals surface area contributed by atoms with Crippen molar-refractivity contribution in [1.82, 2.24) is 0 Å². The SMILES string of the molecule is CC(=O)/C=C/C(=C\C(C)(C)C)[Si](C)(C)C. The van der Waals surface area contributed by atoms with Crippen LogP contribution in [0.2, 0.25) is 19.6 Å². The van der Waals surface area contributed by atoms with Gasteiger partial charge < -0.3 is 0 Å². The van der Waals surface area contributed by atoms with Gasteiger partial charge in [-0.25, -0.2) is 0 Å². The zero-order chi connectivity index (χ0) is 12.3. The molecule has 0 fully saturated rings. The Labute approximate surface area is 95.3 Å². The van der Waals surface area contributed by atoms with Crippen molar-refractivity contribution < 1.29 is 4.79 Å². The molecule has 0 aliphatic heterocycles. The van der Waals surface area contributed by atoms with Crippen molar-refractivity contribution in [3.8, 4) is 0 Å². The van der Waals surface area contributed by atoms with E-state index in [0.717, 1.165) is 0 Å². The summed E-state index contributed by atoms with van der Waals surface area (Å²) in [6, 6.07) is 0. The van der Waals surface area contributed by atoms with Gasteiger partial charge in [-0.05, 0) is 18.4 Å². The van der Waals surface area contributed by atoms with Crippen LogP contribution in [0.25, 0.3) is 0 Å². The molecule has 0 amide bonds. The molecule has 86 valence electrons. The van der Waals surface area contributed by atoms with Gasteiger partial charge in [0, 0.05) is 0 Å². The van der Waals surface area contributed by atoms with Crippen molar-refractivity contribution in [3.05, 3.63) is 23.4 Å². The van der Waals surface area contributed by atoms with Gasteiger partial charge in [0.1, 0.15) is 0 Å². The largest absolute Gasteiger partial charge is 0.295 e. The van der Waals surface area contributed by atoms with E-state index in [1.807, 2.05) is 6.08 Å². The number of hydrogen-bond donors (Lipinski definition) is 0. The summed E-state index contributed by atoms with van der Waals surface area (Å²) < 4.78 is 0. The van der Waals surface area contributed by atoms with E-state index in [1.54, 1.807) is 13.0 Å². The molecule has 0 heterocycles. The molecule has 0 rings (SSSR count). The molecule has 0 aromatic heterocycles. The van der Waals surface area contributed by atoms with Crippen LogP contribution >= 0.6 is 0 Å². The van der Waals surface area contributed by atoms with Crippen LogP contribution in [0.1, 0.15) is 27.7 Å². The number of hydrogen-bond acceptors (Lipinski definition) is 1. The lowest BCUT2D eigenvalue weighted by Crippen LogP contribution is -2.24. The van der Waals surface area contributed by atoms with E-state index in [9.17, 15) is 4.79 Å². The fraction of sp³-hybridized carbons (Fsp3) is 0.615. The Balaban J connectivity index is 5.10. The Bertz CT molecular complexity index is 285. The zero-order valence-corrected chi connectivity index (χ0v) is 12.1. The monoisotopic (exact) mass is 224 g/mol. The first-order chi connectivity index (χ1) is 6.52. The van der Waals surface area contributed by atoms with E-state index in [0.29, 0.717) is 0 Å². The summed E-state index contributed by atoms with van der Waals surface area (Å²) in [4.78, 5) is 10.9. The van der Waals surface area contributed by atoms with Gasteiger partial charge in [-0.15, -0.1) is 0 Å². The minimum atomic E-state index is -1.34. The second kappa shape index (κ2) is 4.93. The minimum absolute atomic E-state index is 0.119. The van der Waals surface area contributed by atoms with Crippen molar-refractivity contribution in [2.75, 3.05) is 0 Å². The maximum Gasteiger partial charge on any atom is 0.152 e. The molecule has 0 atom stereocenters. The molecule has 0 spiro atoms. The Kier molecular flexibility index (Phi) is 4.72. The fourth-order valence-electron chi connectivity index (χ4n) is 1.19. The second-order valence-electron chi connectivity index (χ2n) is 6.16. The van der Waals surface area contributed by atoms with Crippen molar-refractivity contribution in [2.45, 2.75) is 47.3 Å². The number of rotatable bonds is 3. The van der Waals surface area contributed by atoms with E-state index in [1.165, 1.54) is 5.20 Å². The molecule has 0 aliphatic carbocycles. The summed E-state index contributed by atoms with van der Waals surface area (Å²) in [5.41, 5.74) is 0.177. The van der Waals surface area contributed by atoms with E-state index < -0.39 is 8.07 Å². The average Bonchev–Trinajstić information content (AvgIpc) is 1.93. The minimum Gasteiger partial charge on any atom is -0.295 e. The predicted octanol–water partition coefficient (Wildman–Crippen LogP) is 3.98. The average molecular weight is 224 g/mol. The van der Waals surface area contributed by atoms with Crippen LogP contribution < -0.4 is 0 Å². The summed E-state index contributed by atoms with van der Waals surface area (Å²) in [6.07, 6.45) is 5.97. The molecule has 0 bridgehead atoms. The molecule has 0 aromatic rings.